The van der Waals surface area contributed by atoms with Crippen LogP contribution in [0.3, 0.4) is 0 Å². The van der Waals surface area contributed by atoms with Gasteiger partial charge in [-0.25, -0.2) is 0 Å². The molecule has 0 unspecified atom stereocenters. The summed E-state index contributed by atoms with van der Waals surface area (Å²) in [5.41, 5.74) is 3.42. The minimum Gasteiger partial charge on any atom is -0.381 e. The Morgan fingerprint density at radius 3 is 2.29 bits per heavy atom. The number of nitrogens with one attached hydrogen (secondary N) is 1. The predicted molar refractivity (Wildman–Crippen MR) is 110 cm³/mol. The summed E-state index contributed by atoms with van der Waals surface area (Å²) < 4.78 is 11.2. The summed E-state index contributed by atoms with van der Waals surface area (Å²) in [5, 5.41) is 3.30. The number of hydrogen-bond acceptors (Lipinski definition) is 3. The Hall–Kier alpha value is -2.17. The van der Waals surface area contributed by atoms with Gasteiger partial charge in [-0.15, -0.1) is 0 Å². The van der Waals surface area contributed by atoms with Crippen molar-refractivity contribution in [3.05, 3.63) is 60.2 Å². The van der Waals surface area contributed by atoms with Crippen LogP contribution in [0.1, 0.15) is 24.8 Å². The van der Waals surface area contributed by atoms with Crippen molar-refractivity contribution in [2.24, 2.45) is 11.8 Å². The molecule has 2 saturated heterocycles. The first kappa shape index (κ1) is 19.2. The Morgan fingerprint density at radius 2 is 1.54 bits per heavy atom. The second-order valence-corrected chi connectivity index (χ2v) is 7.89. The molecule has 28 heavy (non-hydrogen) atoms. The second-order valence-electron chi connectivity index (χ2n) is 7.89. The highest BCUT2D eigenvalue weighted by Crippen LogP contribution is 2.30. The molecule has 4 rings (SSSR count). The fraction of sp³-hybridized carbons (Fsp3) is 0.458. The summed E-state index contributed by atoms with van der Waals surface area (Å²) >= 11 is 0. The van der Waals surface area contributed by atoms with Crippen LogP contribution in [0.25, 0.3) is 11.1 Å². The highest BCUT2D eigenvalue weighted by molar-refractivity contribution is 5.79. The molecule has 0 saturated carbocycles. The number of rotatable bonds is 5. The van der Waals surface area contributed by atoms with Crippen molar-refractivity contribution in [3.63, 3.8) is 0 Å². The van der Waals surface area contributed by atoms with Crippen LogP contribution in [0.15, 0.2) is 54.6 Å². The number of carbonyl (C=O) groups is 1. The molecule has 2 aliphatic rings. The van der Waals surface area contributed by atoms with Crippen LogP contribution in [0.5, 0.6) is 0 Å². The molecule has 148 valence electrons. The monoisotopic (exact) mass is 379 g/mol. The molecule has 2 aliphatic heterocycles. The number of carbonyl (C=O) groups excluding carboxylic acids is 1. The molecular formula is C24H29NO3. The molecule has 0 spiro atoms. The van der Waals surface area contributed by atoms with Gasteiger partial charge in [0.1, 0.15) is 0 Å². The lowest BCUT2D eigenvalue weighted by atomic mass is 9.79. The van der Waals surface area contributed by atoms with Gasteiger partial charge in [0.15, 0.2) is 0 Å². The van der Waals surface area contributed by atoms with Gasteiger partial charge >= 0.3 is 0 Å². The topological polar surface area (TPSA) is 47.6 Å². The maximum Gasteiger partial charge on any atom is 0.224 e. The number of ether oxygens (including phenoxy) is 2. The SMILES string of the molecule is O=C(Cc1ccc(-c2ccccc2)cc1)N[C@H]1CCOC[C@H]1C1CCOCC1. The molecule has 2 fully saturated rings. The van der Waals surface area contributed by atoms with Crippen LogP contribution < -0.4 is 5.32 Å². The van der Waals surface area contributed by atoms with E-state index in [4.69, 9.17) is 9.47 Å². The maximum atomic E-state index is 12.7. The summed E-state index contributed by atoms with van der Waals surface area (Å²) in [4.78, 5) is 12.7. The van der Waals surface area contributed by atoms with E-state index in [2.05, 4.69) is 41.7 Å². The highest BCUT2D eigenvalue weighted by atomic mass is 16.5. The largest absolute Gasteiger partial charge is 0.381 e. The van der Waals surface area contributed by atoms with Crippen LogP contribution in [0, 0.1) is 11.8 Å². The summed E-state index contributed by atoms with van der Waals surface area (Å²) in [6, 6.07) is 18.8. The predicted octanol–water partition coefficient (Wildman–Crippen LogP) is 3.84. The molecule has 4 nitrogen and oxygen atoms in total. The van der Waals surface area contributed by atoms with Gasteiger partial charge in [-0.3, -0.25) is 4.79 Å². The van der Waals surface area contributed by atoms with Crippen molar-refractivity contribution in [2.75, 3.05) is 26.4 Å². The third-order valence-corrected chi connectivity index (χ3v) is 6.04. The van der Waals surface area contributed by atoms with Crippen LogP contribution in [0.2, 0.25) is 0 Å². The van der Waals surface area contributed by atoms with E-state index in [1.165, 1.54) is 11.1 Å². The fourth-order valence-corrected chi connectivity index (χ4v) is 4.44. The zero-order valence-corrected chi connectivity index (χ0v) is 16.3. The minimum atomic E-state index is 0.108. The Bertz CT molecular complexity index is 753. The van der Waals surface area contributed by atoms with E-state index in [1.807, 2.05) is 18.2 Å². The zero-order valence-electron chi connectivity index (χ0n) is 16.3. The summed E-state index contributed by atoms with van der Waals surface area (Å²) in [6.07, 6.45) is 3.47. The van der Waals surface area contributed by atoms with Crippen molar-refractivity contribution in [3.8, 4) is 11.1 Å². The van der Waals surface area contributed by atoms with E-state index in [-0.39, 0.29) is 11.9 Å². The van der Waals surface area contributed by atoms with Crippen molar-refractivity contribution < 1.29 is 14.3 Å². The van der Waals surface area contributed by atoms with Crippen LogP contribution >= 0.6 is 0 Å². The Kier molecular flexibility index (Phi) is 6.40. The first-order chi connectivity index (χ1) is 13.8. The first-order valence-electron chi connectivity index (χ1n) is 10.4. The molecule has 2 aromatic carbocycles. The number of amides is 1. The van der Waals surface area contributed by atoms with Crippen molar-refractivity contribution >= 4 is 5.91 Å². The van der Waals surface area contributed by atoms with E-state index in [0.717, 1.165) is 51.3 Å². The Balaban J connectivity index is 1.35. The smallest absolute Gasteiger partial charge is 0.224 e. The van der Waals surface area contributed by atoms with Gasteiger partial charge in [-0.1, -0.05) is 54.6 Å². The Morgan fingerprint density at radius 1 is 0.857 bits per heavy atom. The lowest BCUT2D eigenvalue weighted by molar-refractivity contribution is -0.123. The van der Waals surface area contributed by atoms with Crippen LogP contribution in [0.4, 0.5) is 0 Å². The third-order valence-electron chi connectivity index (χ3n) is 6.04. The molecule has 0 aromatic heterocycles. The van der Waals surface area contributed by atoms with Crippen molar-refractivity contribution in [1.29, 1.82) is 0 Å². The molecule has 4 heteroatoms. The third kappa shape index (κ3) is 4.81. The van der Waals surface area contributed by atoms with E-state index in [0.29, 0.717) is 18.3 Å². The molecule has 2 atom stereocenters. The van der Waals surface area contributed by atoms with Crippen LogP contribution in [-0.2, 0) is 20.7 Å². The lowest BCUT2D eigenvalue weighted by Crippen LogP contribution is -2.49. The van der Waals surface area contributed by atoms with E-state index >= 15 is 0 Å². The van der Waals surface area contributed by atoms with Gasteiger partial charge in [0, 0.05) is 31.8 Å². The van der Waals surface area contributed by atoms with Gasteiger partial charge in [-0.05, 0) is 41.9 Å². The summed E-state index contributed by atoms with van der Waals surface area (Å²) in [7, 11) is 0. The van der Waals surface area contributed by atoms with Crippen molar-refractivity contribution in [1.82, 2.24) is 5.32 Å². The average Bonchev–Trinajstić information content (AvgIpc) is 2.76. The highest BCUT2D eigenvalue weighted by Gasteiger charge is 2.34. The standard InChI is InChI=1S/C24H29NO3/c26-24(16-18-6-8-20(9-7-18)19-4-2-1-3-5-19)25-23-12-15-28-17-22(23)21-10-13-27-14-11-21/h1-9,21-23H,10-17H2,(H,25,26)/t22-,23-/m0/s1. The minimum absolute atomic E-state index is 0.108. The van der Waals surface area contributed by atoms with Gasteiger partial charge in [0.05, 0.1) is 13.0 Å². The molecule has 0 bridgehead atoms. The fourth-order valence-electron chi connectivity index (χ4n) is 4.44. The maximum absolute atomic E-state index is 12.7. The average molecular weight is 380 g/mol. The van der Waals surface area contributed by atoms with Gasteiger partial charge in [-0.2, -0.15) is 0 Å². The molecular weight excluding hydrogens is 350 g/mol. The van der Waals surface area contributed by atoms with E-state index in [1.54, 1.807) is 0 Å². The number of benzene rings is 2. The second kappa shape index (κ2) is 9.35. The molecule has 2 aromatic rings. The van der Waals surface area contributed by atoms with Crippen molar-refractivity contribution in [2.45, 2.75) is 31.7 Å². The zero-order chi connectivity index (χ0) is 19.2. The van der Waals surface area contributed by atoms with Gasteiger partial charge in [0.2, 0.25) is 5.91 Å². The molecule has 0 aliphatic carbocycles. The lowest BCUT2D eigenvalue weighted by Gasteiger charge is -2.39. The molecule has 0 radical (unpaired) electrons. The van der Waals surface area contributed by atoms with Gasteiger partial charge < -0.3 is 14.8 Å². The van der Waals surface area contributed by atoms with E-state index in [9.17, 15) is 4.79 Å². The molecule has 2 heterocycles. The van der Waals surface area contributed by atoms with Gasteiger partial charge in [0.25, 0.3) is 0 Å². The quantitative estimate of drug-likeness (QED) is 0.859. The van der Waals surface area contributed by atoms with Crippen LogP contribution in [-0.4, -0.2) is 38.4 Å². The van der Waals surface area contributed by atoms with E-state index < -0.39 is 0 Å². The Labute approximate surface area is 167 Å². The molecule has 1 amide bonds. The first-order valence-corrected chi connectivity index (χ1v) is 10.4. The summed E-state index contributed by atoms with van der Waals surface area (Å²) in [5.74, 6) is 1.10. The number of hydrogen-bond donors (Lipinski definition) is 1. The summed E-state index contributed by atoms with van der Waals surface area (Å²) in [6.45, 7) is 3.14. The normalized spacial score (nSPS) is 23.3. The molecule has 1 N–H and O–H groups in total.